The van der Waals surface area contributed by atoms with E-state index in [1.54, 1.807) is 13.2 Å². The number of benzene rings is 4. The predicted molar refractivity (Wildman–Crippen MR) is 314 cm³/mol. The summed E-state index contributed by atoms with van der Waals surface area (Å²) in [5, 5.41) is 26.9. The lowest BCUT2D eigenvalue weighted by Crippen LogP contribution is -2.59. The Morgan fingerprint density at radius 1 is 0.939 bits per heavy atom. The minimum absolute atomic E-state index is 0.0473. The van der Waals surface area contributed by atoms with Crippen LogP contribution in [0.5, 0.6) is 17.4 Å². The average molecular weight is 1140 g/mol. The van der Waals surface area contributed by atoms with E-state index < -0.39 is 43.1 Å². The third-order valence-corrected chi connectivity index (χ3v) is 19.6. The number of aliphatic hydroxyl groups is 1. The third-order valence-electron chi connectivity index (χ3n) is 18.3. The number of rotatable bonds is 16. The zero-order valence-electron chi connectivity index (χ0n) is 47.2. The van der Waals surface area contributed by atoms with Crippen LogP contribution in [0, 0.1) is 21.4 Å². The summed E-state index contributed by atoms with van der Waals surface area (Å²) in [6.45, 7) is 12.4. The second-order valence-corrected chi connectivity index (χ2v) is 25.9. The Morgan fingerprint density at radius 2 is 1.72 bits per heavy atom. The quantitative estimate of drug-likeness (QED) is 0.0524. The Labute approximate surface area is 479 Å². The van der Waals surface area contributed by atoms with Crippen LogP contribution >= 0.6 is 0 Å². The fourth-order valence-electron chi connectivity index (χ4n) is 13.7. The maximum Gasteiger partial charge on any atom is 0.293 e. The lowest BCUT2D eigenvalue weighted by Gasteiger charge is -2.58. The van der Waals surface area contributed by atoms with Crippen molar-refractivity contribution in [2.45, 2.75) is 126 Å². The fraction of sp³-hybridized carbons (Fsp3) is 0.484. The molecule has 0 radical (unpaired) electrons. The first-order chi connectivity index (χ1) is 39.5. The molecule has 0 bridgehead atoms. The van der Waals surface area contributed by atoms with E-state index in [4.69, 9.17) is 23.9 Å². The molecule has 20 heteroatoms. The lowest BCUT2D eigenvalue weighted by molar-refractivity contribution is -0.384. The van der Waals surface area contributed by atoms with Crippen molar-refractivity contribution in [2.24, 2.45) is 11.3 Å². The van der Waals surface area contributed by atoms with Crippen molar-refractivity contribution in [2.75, 3.05) is 74.7 Å². The number of H-pyrrole nitrogens is 1. The van der Waals surface area contributed by atoms with Crippen LogP contribution < -0.4 is 34.0 Å². The van der Waals surface area contributed by atoms with Crippen molar-refractivity contribution in [1.29, 1.82) is 0 Å². The molecule has 4 aromatic carbocycles. The molecule has 6 aromatic rings. The second-order valence-electron chi connectivity index (χ2n) is 24.2. The number of sulfonamides is 1. The van der Waals surface area contributed by atoms with Crippen LogP contribution in [0.2, 0.25) is 0 Å². The molecule has 4 N–H and O–H groups in total. The summed E-state index contributed by atoms with van der Waals surface area (Å²) < 4.78 is 55.3. The summed E-state index contributed by atoms with van der Waals surface area (Å²) in [5.41, 5.74) is 4.47. The number of hydrogen-bond donors (Lipinski definition) is 4. The molecule has 0 unspecified atom stereocenters. The Bertz CT molecular complexity index is 3420. The maximum absolute atomic E-state index is 14.8. The van der Waals surface area contributed by atoms with Crippen LogP contribution in [0.1, 0.15) is 106 Å². The van der Waals surface area contributed by atoms with Gasteiger partial charge >= 0.3 is 0 Å². The minimum Gasteiger partial charge on any atom is -0.497 e. The highest BCUT2D eigenvalue weighted by Crippen LogP contribution is 2.54. The molecule has 6 aliphatic rings. The number of aromatic nitrogens is 2. The van der Waals surface area contributed by atoms with E-state index >= 15 is 0 Å². The highest BCUT2D eigenvalue weighted by molar-refractivity contribution is 7.90. The van der Waals surface area contributed by atoms with E-state index in [2.05, 4.69) is 84.9 Å². The summed E-state index contributed by atoms with van der Waals surface area (Å²) in [6.07, 6.45) is 8.94. The number of carbonyl (C=O) groups excluding carboxylic acids is 1. The normalized spacial score (nSPS) is 24.1. The number of methoxy groups -OCH3 is 1. The third kappa shape index (κ3) is 11.4. The number of aromatic amines is 1. The molecule has 2 aromatic heterocycles. The standard InChI is InChI=1S/C62H75N9O10S/c1-40(2)80-56-8-6-5-7-48(56)55-38-67(37-42-9-12-46(78-4)13-10-42)28-29-69(55)45-34-62(35-45)23-26-68(27-24-62)44-11-15-49(52(32-44)70-51-20-30-79-39-57(51)81-60-54(70)31-43-19-25-63-58(43)65-60)59(72)66-82(76,77)47-14-16-50(53(33-47)71(74)75)64-36-41-17-21-61(3,73)22-18-41/h5-16,19,25,31-33,40-41,45,51,55,57,64,73H,17-18,20-24,26-30,34-39H2,1-4H3,(H,63,65)(H,66,72)/t41-,51-,55+,57-,61-/m0/s1. The number of nitro groups is 1. The van der Waals surface area contributed by atoms with Gasteiger partial charge in [0.1, 0.15) is 34.6 Å². The molecule has 434 valence electrons. The van der Waals surface area contributed by atoms with Gasteiger partial charge in [0.15, 0.2) is 0 Å². The highest BCUT2D eigenvalue weighted by Gasteiger charge is 2.50. The average Bonchev–Trinajstić information content (AvgIpc) is 2.79. The zero-order valence-corrected chi connectivity index (χ0v) is 48.0. The predicted octanol–water partition coefficient (Wildman–Crippen LogP) is 9.73. The number of ether oxygens (including phenoxy) is 4. The molecule has 82 heavy (non-hydrogen) atoms. The summed E-state index contributed by atoms with van der Waals surface area (Å²) in [7, 11) is -2.95. The number of fused-ring (bicyclic) bond motifs is 3. The van der Waals surface area contributed by atoms with Gasteiger partial charge in [0.25, 0.3) is 21.6 Å². The van der Waals surface area contributed by atoms with Gasteiger partial charge in [-0.05, 0) is 156 Å². The fourth-order valence-corrected chi connectivity index (χ4v) is 14.7. The van der Waals surface area contributed by atoms with Gasteiger partial charge in [-0.1, -0.05) is 30.3 Å². The van der Waals surface area contributed by atoms with E-state index in [-0.39, 0.29) is 40.8 Å². The number of nitro benzene ring substituents is 1. The summed E-state index contributed by atoms with van der Waals surface area (Å²) >= 11 is 0. The van der Waals surface area contributed by atoms with E-state index in [0.29, 0.717) is 68.0 Å². The van der Waals surface area contributed by atoms with Gasteiger partial charge < -0.3 is 44.2 Å². The SMILES string of the molecule is COc1ccc(CN2CCN(C3CC4(CCN(c5ccc(C(=O)NS(=O)(=O)c6ccc(NC[C@H]7CC[C@](C)(O)CC7)c([N+](=O)[O-])c6)c(N6c7cc8cc[nH]c8nc7O[C@H]7COCC[C@@H]76)c5)CC4)C3)[C@@H](c3ccccc3OC(C)C)C2)cc1. The van der Waals surface area contributed by atoms with Crippen molar-refractivity contribution in [3.8, 4) is 17.4 Å². The van der Waals surface area contributed by atoms with Crippen LogP contribution in [0.15, 0.2) is 108 Å². The van der Waals surface area contributed by atoms with Crippen molar-refractivity contribution in [1.82, 2.24) is 24.5 Å². The number of piperidine rings is 1. The molecule has 3 saturated heterocycles. The van der Waals surface area contributed by atoms with E-state index in [1.807, 2.05) is 49.5 Å². The van der Waals surface area contributed by atoms with Crippen molar-refractivity contribution >= 4 is 55.4 Å². The maximum atomic E-state index is 14.8. The monoisotopic (exact) mass is 1140 g/mol. The van der Waals surface area contributed by atoms with Crippen molar-refractivity contribution < 1.29 is 42.2 Å². The van der Waals surface area contributed by atoms with Crippen molar-refractivity contribution in [3.05, 3.63) is 130 Å². The summed E-state index contributed by atoms with van der Waals surface area (Å²) in [4.78, 5) is 44.1. The largest absolute Gasteiger partial charge is 0.497 e. The Balaban J connectivity index is 0.798. The zero-order chi connectivity index (χ0) is 56.9. The van der Waals surface area contributed by atoms with Crippen LogP contribution in [-0.2, 0) is 21.3 Å². The molecular formula is C62H75N9O10S. The summed E-state index contributed by atoms with van der Waals surface area (Å²) in [6, 6.07) is 30.4. The van der Waals surface area contributed by atoms with Crippen LogP contribution in [0.3, 0.4) is 0 Å². The Morgan fingerprint density at radius 3 is 2.48 bits per heavy atom. The molecule has 5 fully saturated rings. The van der Waals surface area contributed by atoms with Gasteiger partial charge in [0, 0.05) is 87.4 Å². The van der Waals surface area contributed by atoms with Gasteiger partial charge in [-0.3, -0.25) is 24.7 Å². The molecule has 4 aliphatic heterocycles. The number of pyridine rings is 1. The molecule has 1 spiro atoms. The first-order valence-electron chi connectivity index (χ1n) is 29.1. The molecule has 1 amide bonds. The van der Waals surface area contributed by atoms with Gasteiger partial charge in [-0.15, -0.1) is 0 Å². The Hall–Kier alpha value is -6.97. The van der Waals surface area contributed by atoms with E-state index in [1.165, 1.54) is 23.3 Å². The lowest BCUT2D eigenvalue weighted by atomic mass is 9.59. The van der Waals surface area contributed by atoms with Crippen LogP contribution in [-0.4, -0.2) is 134 Å². The molecular weight excluding hydrogens is 1060 g/mol. The van der Waals surface area contributed by atoms with E-state index in [0.717, 1.165) is 106 Å². The molecule has 3 atom stereocenters. The van der Waals surface area contributed by atoms with Gasteiger partial charge in [0.05, 0.1) is 58.6 Å². The number of carbonyl (C=O) groups is 1. The Kier molecular flexibility index (Phi) is 15.3. The molecule has 19 nitrogen and oxygen atoms in total. The molecule has 2 saturated carbocycles. The number of nitrogens with one attached hydrogen (secondary N) is 3. The number of hydrogen-bond acceptors (Lipinski definition) is 16. The number of nitrogens with zero attached hydrogens (tertiary/aromatic N) is 6. The van der Waals surface area contributed by atoms with Crippen LogP contribution in [0.4, 0.5) is 28.4 Å². The van der Waals surface area contributed by atoms with Crippen LogP contribution in [0.25, 0.3) is 11.0 Å². The minimum atomic E-state index is -4.64. The van der Waals surface area contributed by atoms with Gasteiger partial charge in [0.2, 0.25) is 5.88 Å². The van der Waals surface area contributed by atoms with Gasteiger partial charge in [-0.25, -0.2) is 13.1 Å². The van der Waals surface area contributed by atoms with Crippen molar-refractivity contribution in [3.63, 3.8) is 0 Å². The number of anilines is 4. The first kappa shape index (κ1) is 55.6. The molecule has 6 heterocycles. The number of piperazine rings is 1. The van der Waals surface area contributed by atoms with E-state index in [9.17, 15) is 28.4 Å². The number of para-hydroxylation sites is 1. The smallest absolute Gasteiger partial charge is 0.293 e. The number of amides is 1. The second kappa shape index (κ2) is 22.6. The summed E-state index contributed by atoms with van der Waals surface area (Å²) in [5.74, 6) is 1.46. The first-order valence-corrected chi connectivity index (χ1v) is 30.6. The topological polar surface area (TPSA) is 217 Å². The highest BCUT2D eigenvalue weighted by atomic mass is 32.2. The molecule has 12 rings (SSSR count). The van der Waals surface area contributed by atoms with Gasteiger partial charge in [-0.2, -0.15) is 4.98 Å². The molecule has 2 aliphatic carbocycles.